The lowest BCUT2D eigenvalue weighted by Gasteiger charge is -2.26. The molecule has 2 aromatic carbocycles. The molecule has 5 atom stereocenters. The molecule has 0 aromatic heterocycles. The van der Waals surface area contributed by atoms with Crippen LogP contribution in [0.25, 0.3) is 0 Å². The number of benzene rings is 2. The molecule has 1 aliphatic heterocycles. The molecule has 0 aliphatic carbocycles. The summed E-state index contributed by atoms with van der Waals surface area (Å²) in [6.45, 7) is 2.70. The van der Waals surface area contributed by atoms with Crippen LogP contribution in [0.4, 0.5) is 0 Å². The van der Waals surface area contributed by atoms with Crippen LogP contribution < -0.4 is 0 Å². The first-order valence-electron chi connectivity index (χ1n) is 9.39. The fourth-order valence-corrected chi connectivity index (χ4v) is 3.14. The van der Waals surface area contributed by atoms with Crippen LogP contribution in [0.5, 0.6) is 0 Å². The molecule has 1 N–H and O–H groups in total. The molecule has 8 heteroatoms. The van der Waals surface area contributed by atoms with Gasteiger partial charge in [-0.05, 0) is 31.2 Å². The van der Waals surface area contributed by atoms with Crippen molar-refractivity contribution in [2.24, 2.45) is 0 Å². The van der Waals surface area contributed by atoms with Gasteiger partial charge in [-0.15, -0.1) is 0 Å². The average Bonchev–Trinajstić information content (AvgIpc) is 3.04. The SMILES string of the molecule is CC(=O)O[C@@H]1[C@H](OC(=O)c2ccccc2)[C@@H]([C@@H](C)OC(=O)c2ccccc2)O[C@@H]1O. The van der Waals surface area contributed by atoms with Gasteiger partial charge in [0.1, 0.15) is 12.2 Å². The predicted octanol–water partition coefficient (Wildman–Crippen LogP) is 2.11. The summed E-state index contributed by atoms with van der Waals surface area (Å²) in [5, 5.41) is 10.2. The van der Waals surface area contributed by atoms with Gasteiger partial charge in [-0.1, -0.05) is 36.4 Å². The van der Waals surface area contributed by atoms with Crippen molar-refractivity contribution in [2.45, 2.75) is 44.6 Å². The molecule has 1 fully saturated rings. The zero-order chi connectivity index (χ0) is 21.7. The molecule has 158 valence electrons. The summed E-state index contributed by atoms with van der Waals surface area (Å²) in [4.78, 5) is 36.4. The number of aliphatic hydroxyl groups is 1. The second kappa shape index (κ2) is 9.51. The van der Waals surface area contributed by atoms with Gasteiger partial charge in [0.2, 0.25) is 0 Å². The second-order valence-corrected chi connectivity index (χ2v) is 6.78. The van der Waals surface area contributed by atoms with Crippen molar-refractivity contribution < 1.29 is 38.4 Å². The highest BCUT2D eigenvalue weighted by Crippen LogP contribution is 2.30. The van der Waals surface area contributed by atoms with E-state index in [1.807, 2.05) is 0 Å². The Morgan fingerprint density at radius 1 is 0.867 bits per heavy atom. The van der Waals surface area contributed by atoms with Crippen LogP contribution in [0, 0.1) is 0 Å². The van der Waals surface area contributed by atoms with E-state index < -0.39 is 48.6 Å². The molecule has 1 aliphatic rings. The summed E-state index contributed by atoms with van der Waals surface area (Å²) in [7, 11) is 0. The van der Waals surface area contributed by atoms with Gasteiger partial charge >= 0.3 is 17.9 Å². The van der Waals surface area contributed by atoms with E-state index in [0.717, 1.165) is 6.92 Å². The van der Waals surface area contributed by atoms with Crippen LogP contribution in [0.1, 0.15) is 34.6 Å². The van der Waals surface area contributed by atoms with Crippen LogP contribution in [0.15, 0.2) is 60.7 Å². The van der Waals surface area contributed by atoms with Crippen LogP contribution in [-0.4, -0.2) is 53.7 Å². The fraction of sp³-hybridized carbons (Fsp3) is 0.318. The molecule has 0 spiro atoms. The van der Waals surface area contributed by atoms with E-state index in [4.69, 9.17) is 18.9 Å². The number of esters is 3. The highest BCUT2D eigenvalue weighted by Gasteiger charge is 2.52. The van der Waals surface area contributed by atoms with Crippen molar-refractivity contribution in [1.29, 1.82) is 0 Å². The van der Waals surface area contributed by atoms with E-state index in [-0.39, 0.29) is 5.56 Å². The smallest absolute Gasteiger partial charge is 0.338 e. The first-order chi connectivity index (χ1) is 14.4. The molecule has 1 heterocycles. The van der Waals surface area contributed by atoms with Crippen LogP contribution in [-0.2, 0) is 23.7 Å². The minimum atomic E-state index is -1.55. The maximum atomic E-state index is 12.5. The van der Waals surface area contributed by atoms with Crippen LogP contribution >= 0.6 is 0 Å². The summed E-state index contributed by atoms with van der Waals surface area (Å²) >= 11 is 0. The Bertz CT molecular complexity index is 883. The lowest BCUT2D eigenvalue weighted by atomic mass is 10.1. The quantitative estimate of drug-likeness (QED) is 0.566. The Morgan fingerprint density at radius 3 is 1.93 bits per heavy atom. The van der Waals surface area contributed by atoms with Crippen LogP contribution in [0.3, 0.4) is 0 Å². The molecule has 0 unspecified atom stereocenters. The Hall–Kier alpha value is -3.23. The van der Waals surface area contributed by atoms with Crippen molar-refractivity contribution in [1.82, 2.24) is 0 Å². The third-order valence-corrected chi connectivity index (χ3v) is 4.54. The molecule has 0 saturated carbocycles. The Kier molecular flexibility index (Phi) is 6.81. The molecular weight excluding hydrogens is 392 g/mol. The summed E-state index contributed by atoms with van der Waals surface area (Å²) in [5.41, 5.74) is 0.602. The Balaban J connectivity index is 1.78. The van der Waals surface area contributed by atoms with Crippen molar-refractivity contribution in [3.8, 4) is 0 Å². The molecule has 0 bridgehead atoms. The number of hydrogen-bond acceptors (Lipinski definition) is 8. The van der Waals surface area contributed by atoms with E-state index >= 15 is 0 Å². The topological polar surface area (TPSA) is 108 Å². The van der Waals surface area contributed by atoms with E-state index in [0.29, 0.717) is 5.56 Å². The lowest BCUT2D eigenvalue weighted by Crippen LogP contribution is -2.44. The summed E-state index contributed by atoms with van der Waals surface area (Å²) < 4.78 is 21.5. The number of hydrogen-bond donors (Lipinski definition) is 1. The summed E-state index contributed by atoms with van der Waals surface area (Å²) in [6, 6.07) is 16.5. The van der Waals surface area contributed by atoms with Crippen molar-refractivity contribution >= 4 is 17.9 Å². The van der Waals surface area contributed by atoms with Gasteiger partial charge in [-0.3, -0.25) is 4.79 Å². The normalized spacial score (nSPS) is 24.0. The maximum Gasteiger partial charge on any atom is 0.338 e. The van der Waals surface area contributed by atoms with E-state index in [2.05, 4.69) is 0 Å². The number of aliphatic hydroxyl groups excluding tert-OH is 1. The highest BCUT2D eigenvalue weighted by molar-refractivity contribution is 5.90. The van der Waals surface area contributed by atoms with E-state index in [1.54, 1.807) is 60.7 Å². The third-order valence-electron chi connectivity index (χ3n) is 4.54. The van der Waals surface area contributed by atoms with Crippen molar-refractivity contribution in [2.75, 3.05) is 0 Å². The van der Waals surface area contributed by atoms with E-state index in [9.17, 15) is 19.5 Å². The Labute approximate surface area is 173 Å². The molecule has 30 heavy (non-hydrogen) atoms. The molecule has 0 radical (unpaired) electrons. The fourth-order valence-electron chi connectivity index (χ4n) is 3.14. The molecule has 8 nitrogen and oxygen atoms in total. The minimum Gasteiger partial charge on any atom is -0.456 e. The number of rotatable bonds is 6. The van der Waals surface area contributed by atoms with Gasteiger partial charge in [-0.2, -0.15) is 0 Å². The minimum absolute atomic E-state index is 0.271. The number of ether oxygens (including phenoxy) is 4. The molecule has 2 aromatic rings. The molecule has 3 rings (SSSR count). The van der Waals surface area contributed by atoms with Gasteiger partial charge in [0.25, 0.3) is 0 Å². The van der Waals surface area contributed by atoms with Gasteiger partial charge in [0.15, 0.2) is 18.5 Å². The van der Waals surface area contributed by atoms with Crippen molar-refractivity contribution in [3.63, 3.8) is 0 Å². The van der Waals surface area contributed by atoms with Crippen molar-refractivity contribution in [3.05, 3.63) is 71.8 Å². The monoisotopic (exact) mass is 414 g/mol. The number of carbonyl (C=O) groups is 3. The first-order valence-corrected chi connectivity index (χ1v) is 9.39. The predicted molar refractivity (Wildman–Crippen MR) is 103 cm³/mol. The standard InChI is InChI=1S/C22H22O8/c1-13(27-20(24)15-9-5-3-6-10-15)17-18(19(22(26)29-17)28-14(2)23)30-21(25)16-11-7-4-8-12-16/h3-13,17-19,22,26H,1-2H3/t13-,17-,18-,19-,22+/m1/s1. The maximum absolute atomic E-state index is 12.5. The highest BCUT2D eigenvalue weighted by atomic mass is 16.7. The second-order valence-electron chi connectivity index (χ2n) is 6.78. The van der Waals surface area contributed by atoms with Gasteiger partial charge < -0.3 is 24.1 Å². The zero-order valence-corrected chi connectivity index (χ0v) is 16.5. The summed E-state index contributed by atoms with van der Waals surface area (Å²) in [5.74, 6) is -1.98. The molecule has 0 amide bonds. The van der Waals surface area contributed by atoms with Gasteiger partial charge in [0.05, 0.1) is 11.1 Å². The Morgan fingerprint density at radius 2 is 1.40 bits per heavy atom. The van der Waals surface area contributed by atoms with E-state index in [1.165, 1.54) is 6.92 Å². The van der Waals surface area contributed by atoms with Crippen LogP contribution in [0.2, 0.25) is 0 Å². The van der Waals surface area contributed by atoms with Gasteiger partial charge in [-0.25, -0.2) is 9.59 Å². The third kappa shape index (κ3) is 5.03. The average molecular weight is 414 g/mol. The lowest BCUT2D eigenvalue weighted by molar-refractivity contribution is -0.172. The molecular formula is C22H22O8. The molecule has 1 saturated heterocycles. The largest absolute Gasteiger partial charge is 0.456 e. The zero-order valence-electron chi connectivity index (χ0n) is 16.5. The van der Waals surface area contributed by atoms with Gasteiger partial charge in [0, 0.05) is 6.92 Å². The summed E-state index contributed by atoms with van der Waals surface area (Å²) in [6.07, 6.45) is -5.97. The number of carbonyl (C=O) groups excluding carboxylic acids is 3. The first kappa shape index (κ1) is 21.5.